The molecule has 3 nitrogen and oxygen atoms in total. The molecule has 0 saturated heterocycles. The largest absolute Gasteiger partial charge is 0.504 e. The number of benzene rings is 1. The van der Waals surface area contributed by atoms with Crippen LogP contribution in [0.3, 0.4) is 0 Å². The standard InChI is InChI=1S/C14H18N2O/c1-3-4-9-16-10-13(17)14(15-16)12-7-5-11(2)6-8-12/h5-8,10,17H,3-4,9H2,1-2H3. The predicted molar refractivity (Wildman–Crippen MR) is 69.0 cm³/mol. The Morgan fingerprint density at radius 2 is 1.94 bits per heavy atom. The van der Waals surface area contributed by atoms with E-state index in [2.05, 4.69) is 12.0 Å². The van der Waals surface area contributed by atoms with Gasteiger partial charge in [-0.3, -0.25) is 4.68 Å². The molecule has 2 aromatic rings. The fourth-order valence-electron chi connectivity index (χ4n) is 1.76. The number of unbranched alkanes of at least 4 members (excludes halogenated alkanes) is 1. The summed E-state index contributed by atoms with van der Waals surface area (Å²) in [5.41, 5.74) is 2.84. The lowest BCUT2D eigenvalue weighted by Gasteiger charge is -1.99. The van der Waals surface area contributed by atoms with Gasteiger partial charge in [0.1, 0.15) is 5.69 Å². The molecule has 2 rings (SSSR count). The lowest BCUT2D eigenvalue weighted by Crippen LogP contribution is -1.97. The van der Waals surface area contributed by atoms with Crippen LogP contribution in [0.4, 0.5) is 0 Å². The third-order valence-corrected chi connectivity index (χ3v) is 2.81. The summed E-state index contributed by atoms with van der Waals surface area (Å²) in [5, 5.41) is 14.3. The van der Waals surface area contributed by atoms with E-state index in [-0.39, 0.29) is 5.75 Å². The molecule has 0 fully saturated rings. The first-order valence-electron chi connectivity index (χ1n) is 6.04. The van der Waals surface area contributed by atoms with Crippen molar-refractivity contribution in [2.24, 2.45) is 0 Å². The van der Waals surface area contributed by atoms with Crippen molar-refractivity contribution in [1.29, 1.82) is 0 Å². The number of aryl methyl sites for hydroxylation is 2. The summed E-state index contributed by atoms with van der Waals surface area (Å²) in [6.07, 6.45) is 3.90. The van der Waals surface area contributed by atoms with Crippen LogP contribution < -0.4 is 0 Å². The zero-order valence-corrected chi connectivity index (χ0v) is 10.3. The summed E-state index contributed by atoms with van der Waals surface area (Å²) in [4.78, 5) is 0. The molecule has 1 aromatic heterocycles. The summed E-state index contributed by atoms with van der Waals surface area (Å²) in [6, 6.07) is 8.03. The van der Waals surface area contributed by atoms with Crippen LogP contribution in [0.5, 0.6) is 5.75 Å². The van der Waals surface area contributed by atoms with Gasteiger partial charge in [0, 0.05) is 12.1 Å². The fourth-order valence-corrected chi connectivity index (χ4v) is 1.76. The van der Waals surface area contributed by atoms with Gasteiger partial charge in [-0.2, -0.15) is 5.10 Å². The lowest BCUT2D eigenvalue weighted by molar-refractivity contribution is 0.474. The van der Waals surface area contributed by atoms with Crippen molar-refractivity contribution < 1.29 is 5.11 Å². The van der Waals surface area contributed by atoms with Crippen LogP contribution in [0.1, 0.15) is 25.3 Å². The Kier molecular flexibility index (Phi) is 3.47. The van der Waals surface area contributed by atoms with Gasteiger partial charge in [-0.15, -0.1) is 0 Å². The summed E-state index contributed by atoms with van der Waals surface area (Å²) in [5.74, 6) is 0.255. The van der Waals surface area contributed by atoms with E-state index in [1.165, 1.54) is 5.56 Å². The van der Waals surface area contributed by atoms with Gasteiger partial charge in [0.15, 0.2) is 5.75 Å². The van der Waals surface area contributed by atoms with E-state index in [4.69, 9.17) is 0 Å². The molecular weight excluding hydrogens is 212 g/mol. The van der Waals surface area contributed by atoms with Gasteiger partial charge in [-0.05, 0) is 13.3 Å². The van der Waals surface area contributed by atoms with Gasteiger partial charge in [-0.25, -0.2) is 0 Å². The van der Waals surface area contributed by atoms with Crippen LogP contribution in [0.2, 0.25) is 0 Å². The van der Waals surface area contributed by atoms with Gasteiger partial charge < -0.3 is 5.11 Å². The quantitative estimate of drug-likeness (QED) is 0.874. The minimum absolute atomic E-state index is 0.255. The van der Waals surface area contributed by atoms with Gasteiger partial charge in [0.2, 0.25) is 0 Å². The van der Waals surface area contributed by atoms with Gasteiger partial charge in [-0.1, -0.05) is 43.2 Å². The molecule has 0 bridgehead atoms. The summed E-state index contributed by atoms with van der Waals surface area (Å²) in [7, 11) is 0. The Morgan fingerprint density at radius 3 is 2.59 bits per heavy atom. The van der Waals surface area contributed by atoms with Crippen molar-refractivity contribution in [3.63, 3.8) is 0 Å². The highest BCUT2D eigenvalue weighted by molar-refractivity contribution is 5.65. The Morgan fingerprint density at radius 1 is 1.24 bits per heavy atom. The van der Waals surface area contributed by atoms with Crippen molar-refractivity contribution in [1.82, 2.24) is 9.78 Å². The van der Waals surface area contributed by atoms with Crippen LogP contribution in [0, 0.1) is 6.92 Å². The van der Waals surface area contributed by atoms with Gasteiger partial charge in [0.05, 0.1) is 6.20 Å². The second-order valence-corrected chi connectivity index (χ2v) is 4.35. The molecule has 1 heterocycles. The summed E-state index contributed by atoms with van der Waals surface area (Å²) >= 11 is 0. The molecular formula is C14H18N2O. The number of aromatic hydroxyl groups is 1. The zero-order valence-electron chi connectivity index (χ0n) is 10.3. The number of hydrogen-bond donors (Lipinski definition) is 1. The Balaban J connectivity index is 2.26. The normalized spacial score (nSPS) is 10.7. The van der Waals surface area contributed by atoms with Crippen LogP contribution >= 0.6 is 0 Å². The maximum atomic E-state index is 9.87. The average Bonchev–Trinajstić information content (AvgIpc) is 2.69. The molecule has 0 radical (unpaired) electrons. The molecule has 17 heavy (non-hydrogen) atoms. The molecule has 0 unspecified atom stereocenters. The highest BCUT2D eigenvalue weighted by atomic mass is 16.3. The van der Waals surface area contributed by atoms with E-state index >= 15 is 0 Å². The van der Waals surface area contributed by atoms with Gasteiger partial charge in [0.25, 0.3) is 0 Å². The second-order valence-electron chi connectivity index (χ2n) is 4.35. The first-order chi connectivity index (χ1) is 8.20. The molecule has 0 spiro atoms. The number of hydrogen-bond acceptors (Lipinski definition) is 2. The number of aromatic nitrogens is 2. The molecule has 0 aliphatic carbocycles. The zero-order chi connectivity index (χ0) is 12.3. The highest BCUT2D eigenvalue weighted by Gasteiger charge is 2.09. The van der Waals surface area contributed by atoms with Crippen molar-refractivity contribution >= 4 is 0 Å². The molecule has 0 amide bonds. The predicted octanol–water partition coefficient (Wildman–Crippen LogP) is 3.36. The molecule has 0 aliphatic rings. The minimum Gasteiger partial charge on any atom is -0.504 e. The molecule has 1 N–H and O–H groups in total. The smallest absolute Gasteiger partial charge is 0.161 e. The molecule has 90 valence electrons. The van der Waals surface area contributed by atoms with E-state index in [1.807, 2.05) is 35.9 Å². The molecule has 3 heteroatoms. The highest BCUT2D eigenvalue weighted by Crippen LogP contribution is 2.27. The van der Waals surface area contributed by atoms with Crippen LogP contribution in [-0.4, -0.2) is 14.9 Å². The molecule has 1 aromatic carbocycles. The molecule has 0 saturated carbocycles. The van der Waals surface area contributed by atoms with E-state index < -0.39 is 0 Å². The van der Waals surface area contributed by atoms with E-state index in [0.29, 0.717) is 5.69 Å². The fraction of sp³-hybridized carbons (Fsp3) is 0.357. The Bertz CT molecular complexity index is 485. The Hall–Kier alpha value is -1.77. The maximum absolute atomic E-state index is 9.87. The first kappa shape index (κ1) is 11.7. The van der Waals surface area contributed by atoms with E-state index in [9.17, 15) is 5.11 Å². The first-order valence-corrected chi connectivity index (χ1v) is 6.04. The average molecular weight is 230 g/mol. The lowest BCUT2D eigenvalue weighted by atomic mass is 10.1. The second kappa shape index (κ2) is 5.04. The number of rotatable bonds is 4. The topological polar surface area (TPSA) is 38.0 Å². The van der Waals surface area contributed by atoms with Crippen molar-refractivity contribution in [2.75, 3.05) is 0 Å². The monoisotopic (exact) mass is 230 g/mol. The van der Waals surface area contributed by atoms with E-state index in [1.54, 1.807) is 6.20 Å². The maximum Gasteiger partial charge on any atom is 0.161 e. The van der Waals surface area contributed by atoms with Crippen molar-refractivity contribution in [2.45, 2.75) is 33.2 Å². The van der Waals surface area contributed by atoms with Crippen molar-refractivity contribution in [3.8, 4) is 17.0 Å². The van der Waals surface area contributed by atoms with E-state index in [0.717, 1.165) is 24.9 Å². The minimum atomic E-state index is 0.255. The SMILES string of the molecule is CCCCn1cc(O)c(-c2ccc(C)cc2)n1. The van der Waals surface area contributed by atoms with Crippen molar-refractivity contribution in [3.05, 3.63) is 36.0 Å². The van der Waals surface area contributed by atoms with Crippen LogP contribution in [0.15, 0.2) is 30.5 Å². The summed E-state index contributed by atoms with van der Waals surface area (Å²) in [6.45, 7) is 5.05. The third kappa shape index (κ3) is 2.67. The summed E-state index contributed by atoms with van der Waals surface area (Å²) < 4.78 is 1.81. The molecule has 0 aliphatic heterocycles. The molecule has 0 atom stereocenters. The third-order valence-electron chi connectivity index (χ3n) is 2.81. The Labute approximate surface area is 102 Å². The van der Waals surface area contributed by atoms with Crippen LogP contribution in [0.25, 0.3) is 11.3 Å². The van der Waals surface area contributed by atoms with Gasteiger partial charge >= 0.3 is 0 Å². The number of nitrogens with zero attached hydrogens (tertiary/aromatic N) is 2. The van der Waals surface area contributed by atoms with Crippen LogP contribution in [-0.2, 0) is 6.54 Å².